The summed E-state index contributed by atoms with van der Waals surface area (Å²) < 4.78 is 12.1. The monoisotopic (exact) mass is 315 g/mol. The van der Waals surface area contributed by atoms with E-state index in [-0.39, 0.29) is 24.2 Å². The maximum atomic E-state index is 11.9. The van der Waals surface area contributed by atoms with Crippen molar-refractivity contribution in [1.29, 1.82) is 0 Å². The van der Waals surface area contributed by atoms with E-state index in [1.54, 1.807) is 6.92 Å². The molecule has 1 saturated carbocycles. The van der Waals surface area contributed by atoms with Crippen LogP contribution in [0.25, 0.3) is 0 Å². The zero-order valence-corrected chi connectivity index (χ0v) is 14.8. The fraction of sp³-hybridized carbons (Fsp3) is 0.611. The van der Waals surface area contributed by atoms with Gasteiger partial charge in [-0.05, 0) is 64.1 Å². The van der Waals surface area contributed by atoms with Gasteiger partial charge in [-0.15, -0.1) is 0 Å². The fourth-order valence-corrected chi connectivity index (χ4v) is 2.76. The van der Waals surface area contributed by atoms with Gasteiger partial charge in [0.1, 0.15) is 0 Å². The Labute approximate surface area is 139 Å². The molecule has 1 aromatic carbocycles. The van der Waals surface area contributed by atoms with Gasteiger partial charge in [-0.25, -0.2) is 0 Å². The van der Waals surface area contributed by atoms with E-state index >= 15 is 0 Å². The molecule has 0 atom stereocenters. The molecule has 0 unspecified atom stereocenters. The Hall–Kier alpha value is -1.33. The number of hydrogen-bond donors (Lipinski definition) is 0. The first-order valence-electron chi connectivity index (χ1n) is 8.43. The molecule has 1 saturated heterocycles. The van der Waals surface area contributed by atoms with E-state index in [4.69, 9.17) is 9.31 Å². The van der Waals surface area contributed by atoms with Crippen LogP contribution in [0.1, 0.15) is 47.5 Å². The second-order valence-corrected chi connectivity index (χ2v) is 7.75. The third-order valence-electron chi connectivity index (χ3n) is 5.25. The van der Waals surface area contributed by atoms with Crippen molar-refractivity contribution in [1.82, 2.24) is 0 Å². The van der Waals surface area contributed by atoms with Crippen LogP contribution in [-0.4, -0.2) is 30.8 Å². The number of anilines is 1. The first-order chi connectivity index (χ1) is 10.7. The normalized spacial score (nSPS) is 22.2. The molecule has 5 heteroatoms. The molecule has 3 rings (SSSR count). The van der Waals surface area contributed by atoms with E-state index in [9.17, 15) is 4.79 Å². The van der Waals surface area contributed by atoms with E-state index < -0.39 is 0 Å². The van der Waals surface area contributed by atoms with Gasteiger partial charge in [0.05, 0.1) is 11.2 Å². The van der Waals surface area contributed by atoms with E-state index in [1.165, 1.54) is 12.8 Å². The molecule has 23 heavy (non-hydrogen) atoms. The summed E-state index contributed by atoms with van der Waals surface area (Å²) in [5, 5.41) is 0. The number of carbonyl (C=O) groups excluding carboxylic acids is 1. The average molecular weight is 315 g/mol. The van der Waals surface area contributed by atoms with Gasteiger partial charge in [0.25, 0.3) is 0 Å². The summed E-state index contributed by atoms with van der Waals surface area (Å²) in [4.78, 5) is 13.8. The number of carbonyl (C=O) groups is 1. The SMILES string of the molecule is CC(=O)N(CC1CC1)c1ccc(B2OC(C)(C)C(C)(C)O2)cc1. The van der Waals surface area contributed by atoms with Gasteiger partial charge in [0, 0.05) is 19.2 Å². The average Bonchev–Trinajstić information content (AvgIpc) is 3.24. The molecule has 0 radical (unpaired) electrons. The Morgan fingerprint density at radius 3 is 2.09 bits per heavy atom. The maximum Gasteiger partial charge on any atom is 0.494 e. The third-order valence-corrected chi connectivity index (χ3v) is 5.25. The Morgan fingerprint density at radius 1 is 1.13 bits per heavy atom. The molecule has 1 aliphatic carbocycles. The highest BCUT2D eigenvalue weighted by Gasteiger charge is 2.51. The quantitative estimate of drug-likeness (QED) is 0.802. The molecular formula is C18H26BNO3. The lowest BCUT2D eigenvalue weighted by Crippen LogP contribution is -2.41. The van der Waals surface area contributed by atoms with Crippen LogP contribution in [0, 0.1) is 5.92 Å². The molecule has 2 aliphatic rings. The first-order valence-corrected chi connectivity index (χ1v) is 8.43. The second kappa shape index (κ2) is 5.64. The van der Waals surface area contributed by atoms with E-state index in [2.05, 4.69) is 27.7 Å². The largest absolute Gasteiger partial charge is 0.494 e. The summed E-state index contributed by atoms with van der Waals surface area (Å²) in [5.41, 5.74) is 1.26. The highest BCUT2D eigenvalue weighted by atomic mass is 16.7. The summed E-state index contributed by atoms with van der Waals surface area (Å²) in [6, 6.07) is 7.98. The predicted molar refractivity (Wildman–Crippen MR) is 92.9 cm³/mol. The lowest BCUT2D eigenvalue weighted by atomic mass is 9.79. The molecule has 0 bridgehead atoms. The lowest BCUT2D eigenvalue weighted by Gasteiger charge is -2.32. The Bertz CT molecular complexity index is 577. The number of rotatable bonds is 4. The predicted octanol–water partition coefficient (Wildman–Crippen LogP) is 2.75. The Balaban J connectivity index is 1.75. The fourth-order valence-electron chi connectivity index (χ4n) is 2.76. The molecule has 0 spiro atoms. The molecule has 0 aromatic heterocycles. The zero-order valence-electron chi connectivity index (χ0n) is 14.8. The Kier molecular flexibility index (Phi) is 4.05. The molecule has 0 N–H and O–H groups in total. The topological polar surface area (TPSA) is 38.8 Å². The van der Waals surface area contributed by atoms with Gasteiger partial charge in [-0.1, -0.05) is 12.1 Å². The Morgan fingerprint density at radius 2 is 1.65 bits per heavy atom. The summed E-state index contributed by atoms with van der Waals surface area (Å²) in [6.45, 7) is 10.7. The van der Waals surface area contributed by atoms with Crippen molar-refractivity contribution < 1.29 is 14.1 Å². The molecule has 4 nitrogen and oxygen atoms in total. The third kappa shape index (κ3) is 3.31. The van der Waals surface area contributed by atoms with Crippen molar-refractivity contribution in [3.63, 3.8) is 0 Å². The van der Waals surface area contributed by atoms with Crippen molar-refractivity contribution >= 4 is 24.2 Å². The van der Waals surface area contributed by atoms with Crippen LogP contribution >= 0.6 is 0 Å². The highest BCUT2D eigenvalue weighted by molar-refractivity contribution is 6.62. The van der Waals surface area contributed by atoms with Crippen LogP contribution in [-0.2, 0) is 14.1 Å². The highest BCUT2D eigenvalue weighted by Crippen LogP contribution is 2.36. The van der Waals surface area contributed by atoms with Crippen LogP contribution in [0.5, 0.6) is 0 Å². The van der Waals surface area contributed by atoms with Crippen molar-refractivity contribution in [2.24, 2.45) is 5.92 Å². The molecule has 1 heterocycles. The van der Waals surface area contributed by atoms with Gasteiger partial charge in [0.15, 0.2) is 0 Å². The molecule has 1 aromatic rings. The minimum Gasteiger partial charge on any atom is -0.399 e. The van der Waals surface area contributed by atoms with Crippen LogP contribution in [0.2, 0.25) is 0 Å². The van der Waals surface area contributed by atoms with Crippen LogP contribution in [0.4, 0.5) is 5.69 Å². The molecule has 124 valence electrons. The van der Waals surface area contributed by atoms with Crippen molar-refractivity contribution in [3.8, 4) is 0 Å². The molecule has 2 fully saturated rings. The van der Waals surface area contributed by atoms with Crippen molar-refractivity contribution in [2.45, 2.75) is 58.7 Å². The summed E-state index contributed by atoms with van der Waals surface area (Å²) in [6.07, 6.45) is 2.46. The van der Waals surface area contributed by atoms with Crippen molar-refractivity contribution in [2.75, 3.05) is 11.4 Å². The van der Waals surface area contributed by atoms with Gasteiger partial charge >= 0.3 is 7.12 Å². The number of amides is 1. The smallest absolute Gasteiger partial charge is 0.399 e. The molecular weight excluding hydrogens is 289 g/mol. The van der Waals surface area contributed by atoms with Crippen LogP contribution in [0.3, 0.4) is 0 Å². The number of hydrogen-bond acceptors (Lipinski definition) is 3. The zero-order chi connectivity index (χ0) is 16.8. The van der Waals surface area contributed by atoms with Gasteiger partial charge in [-0.3, -0.25) is 4.79 Å². The van der Waals surface area contributed by atoms with Gasteiger partial charge in [-0.2, -0.15) is 0 Å². The molecule has 1 aliphatic heterocycles. The van der Waals surface area contributed by atoms with E-state index in [0.29, 0.717) is 5.92 Å². The number of benzene rings is 1. The van der Waals surface area contributed by atoms with E-state index in [1.807, 2.05) is 29.2 Å². The minimum absolute atomic E-state index is 0.0975. The molecule has 1 amide bonds. The maximum absolute atomic E-state index is 11.9. The van der Waals surface area contributed by atoms with Crippen LogP contribution < -0.4 is 10.4 Å². The van der Waals surface area contributed by atoms with E-state index in [0.717, 1.165) is 17.7 Å². The lowest BCUT2D eigenvalue weighted by molar-refractivity contribution is -0.116. The van der Waals surface area contributed by atoms with Crippen LogP contribution in [0.15, 0.2) is 24.3 Å². The van der Waals surface area contributed by atoms with Crippen molar-refractivity contribution in [3.05, 3.63) is 24.3 Å². The first kappa shape index (κ1) is 16.5. The van der Waals surface area contributed by atoms with Gasteiger partial charge < -0.3 is 14.2 Å². The second-order valence-electron chi connectivity index (χ2n) is 7.75. The summed E-state index contributed by atoms with van der Waals surface area (Å²) >= 11 is 0. The standard InChI is InChI=1S/C18H26BNO3/c1-13(21)20(12-14-6-7-14)16-10-8-15(9-11-16)19-22-17(2,3)18(4,5)23-19/h8-11,14H,6-7,12H2,1-5H3. The number of nitrogens with zero attached hydrogens (tertiary/aromatic N) is 1. The summed E-state index contributed by atoms with van der Waals surface area (Å²) in [5.74, 6) is 0.766. The van der Waals surface area contributed by atoms with Gasteiger partial charge in [0.2, 0.25) is 5.91 Å². The minimum atomic E-state index is -0.358. The summed E-state index contributed by atoms with van der Waals surface area (Å²) in [7, 11) is -0.358.